The number of carbonyl (C=O) groups is 3. The highest BCUT2D eigenvalue weighted by Gasteiger charge is 2.84. The lowest BCUT2D eigenvalue weighted by atomic mass is 9.47. The Morgan fingerprint density at radius 1 is 0.950 bits per heavy atom. The second-order valence-electron chi connectivity index (χ2n) is 13.7. The Morgan fingerprint density at radius 2 is 1.60 bits per heavy atom. The number of rotatable bonds is 8. The van der Waals surface area contributed by atoms with Gasteiger partial charge in [0.25, 0.3) is 0 Å². The van der Waals surface area contributed by atoms with E-state index in [-0.39, 0.29) is 65.1 Å². The lowest BCUT2D eigenvalue weighted by Crippen LogP contribution is -2.59. The Morgan fingerprint density at radius 3 is 2.23 bits per heavy atom. The van der Waals surface area contributed by atoms with Crippen molar-refractivity contribution in [3.8, 4) is 0 Å². The van der Waals surface area contributed by atoms with Gasteiger partial charge in [0.15, 0.2) is 17.3 Å². The maximum atomic E-state index is 13.1. The number of hydrogen-bond donors (Lipinski definition) is 0. The van der Waals surface area contributed by atoms with Crippen molar-refractivity contribution in [3.63, 3.8) is 0 Å². The van der Waals surface area contributed by atoms with Gasteiger partial charge in [-0.1, -0.05) is 66.9 Å². The molecule has 1 spiro atoms. The number of unbranched alkanes of at least 4 members (excludes halogenated alkanes) is 2. The third-order valence-corrected chi connectivity index (χ3v) is 11.4. The molecule has 0 N–H and O–H groups in total. The molecule has 11 atom stereocenters. The van der Waals surface area contributed by atoms with Crippen LogP contribution in [-0.2, 0) is 33.3 Å². The van der Waals surface area contributed by atoms with Crippen molar-refractivity contribution in [1.29, 1.82) is 0 Å². The van der Waals surface area contributed by atoms with E-state index in [1.807, 2.05) is 26.8 Å². The summed E-state index contributed by atoms with van der Waals surface area (Å²) in [5, 5.41) is 0. The van der Waals surface area contributed by atoms with Crippen LogP contribution in [0.15, 0.2) is 11.6 Å². The molecule has 1 saturated carbocycles. The van der Waals surface area contributed by atoms with Crippen molar-refractivity contribution < 1.29 is 33.3 Å². The van der Waals surface area contributed by atoms with Crippen LogP contribution in [0.3, 0.4) is 0 Å². The van der Waals surface area contributed by atoms with Gasteiger partial charge in [-0.05, 0) is 74.2 Å². The normalized spacial score (nSPS) is 45.6. The van der Waals surface area contributed by atoms with Crippen molar-refractivity contribution in [1.82, 2.24) is 0 Å². The maximum absolute atomic E-state index is 13.1. The summed E-state index contributed by atoms with van der Waals surface area (Å²) in [6.07, 6.45) is 6.77. The van der Waals surface area contributed by atoms with Gasteiger partial charge in [0.05, 0.1) is 0 Å². The highest BCUT2D eigenvalue weighted by Crippen LogP contribution is 2.68. The fraction of sp³-hybridized carbons (Fsp3) is 0.848. The number of fused-ring (bicyclic) bond motifs is 1. The summed E-state index contributed by atoms with van der Waals surface area (Å²) in [6, 6.07) is 0. The summed E-state index contributed by atoms with van der Waals surface area (Å²) in [4.78, 5) is 38.8. The van der Waals surface area contributed by atoms with Gasteiger partial charge >= 0.3 is 17.9 Å². The van der Waals surface area contributed by atoms with E-state index in [0.717, 1.165) is 37.7 Å². The zero-order valence-electron chi connectivity index (χ0n) is 26.2. The van der Waals surface area contributed by atoms with Crippen molar-refractivity contribution in [3.05, 3.63) is 11.6 Å². The number of ether oxygens (including phenoxy) is 4. The number of epoxide rings is 1. The molecule has 2 aliphatic heterocycles. The molecule has 0 amide bonds. The van der Waals surface area contributed by atoms with Gasteiger partial charge in [-0.15, -0.1) is 0 Å². The van der Waals surface area contributed by atoms with E-state index in [2.05, 4.69) is 41.5 Å². The zero-order chi connectivity index (χ0) is 29.6. The van der Waals surface area contributed by atoms with Gasteiger partial charge in [-0.2, -0.15) is 0 Å². The number of hydrogen-bond acceptors (Lipinski definition) is 7. The van der Waals surface area contributed by atoms with Gasteiger partial charge in [0.2, 0.25) is 0 Å². The van der Waals surface area contributed by atoms with Gasteiger partial charge in [0.1, 0.15) is 12.2 Å². The molecule has 4 aliphatic rings. The molecule has 4 rings (SSSR count). The van der Waals surface area contributed by atoms with Gasteiger partial charge < -0.3 is 18.9 Å². The van der Waals surface area contributed by atoms with E-state index < -0.39 is 17.3 Å². The molecular weight excluding hydrogens is 508 g/mol. The summed E-state index contributed by atoms with van der Waals surface area (Å²) in [7, 11) is 0. The van der Waals surface area contributed by atoms with E-state index in [1.54, 1.807) is 0 Å². The van der Waals surface area contributed by atoms with Crippen LogP contribution in [-0.4, -0.2) is 47.4 Å². The highest BCUT2D eigenvalue weighted by molar-refractivity contribution is 5.88. The number of carbonyl (C=O) groups excluding carboxylic acids is 3. The molecule has 3 fully saturated rings. The Kier molecular flexibility index (Phi) is 8.86. The Hall–Kier alpha value is -1.89. The summed E-state index contributed by atoms with van der Waals surface area (Å²) in [6.45, 7) is 19.2. The molecule has 0 aromatic carbocycles. The first-order valence-corrected chi connectivity index (χ1v) is 15.7. The molecule has 0 bridgehead atoms. The predicted octanol–water partition coefficient (Wildman–Crippen LogP) is 6.56. The Bertz CT molecular complexity index is 1020. The van der Waals surface area contributed by atoms with Gasteiger partial charge in [-0.3, -0.25) is 9.59 Å². The molecule has 0 aromatic heterocycles. The van der Waals surface area contributed by atoms with Gasteiger partial charge in [-0.25, -0.2) is 4.79 Å². The van der Waals surface area contributed by atoms with Crippen molar-refractivity contribution >= 4 is 17.9 Å². The molecule has 2 heterocycles. The van der Waals surface area contributed by atoms with Crippen molar-refractivity contribution in [2.75, 3.05) is 0 Å². The standard InChI is InChI=1S/C33H52O7/c1-10-12-13-15-28(35)37-24-18-20(4)31(8)22(6)25(38-27(34)14-11-2)16-19(3)17-26-33(23(7)29(31)21(24)5)32(9,40-33)30(36)39-26/h17,20-26,29H,10-16,18H2,1-9H3/b19-17-/t20-,21-,22-,23-,24-,25-,26-,29+,31+,32-,33+/m0/s1. The van der Waals surface area contributed by atoms with Crippen LogP contribution in [0, 0.1) is 35.0 Å². The van der Waals surface area contributed by atoms with Crippen LogP contribution in [0.25, 0.3) is 0 Å². The minimum absolute atomic E-state index is 0.0180. The van der Waals surface area contributed by atoms with Crippen LogP contribution >= 0.6 is 0 Å². The van der Waals surface area contributed by atoms with Crippen LogP contribution in [0.4, 0.5) is 0 Å². The number of esters is 3. The van der Waals surface area contributed by atoms with Crippen LogP contribution in [0.1, 0.15) is 114 Å². The van der Waals surface area contributed by atoms with E-state index in [9.17, 15) is 14.4 Å². The van der Waals surface area contributed by atoms with Crippen molar-refractivity contribution in [2.24, 2.45) is 35.0 Å². The first kappa shape index (κ1) is 31.1. The molecule has 7 heteroatoms. The average Bonchev–Trinajstić information content (AvgIpc) is 3.48. The minimum atomic E-state index is -0.989. The Balaban J connectivity index is 1.77. The molecule has 0 unspecified atom stereocenters. The quantitative estimate of drug-likeness (QED) is 0.109. The predicted molar refractivity (Wildman–Crippen MR) is 152 cm³/mol. The molecule has 2 aliphatic carbocycles. The third kappa shape index (κ3) is 4.92. The molecular formula is C33H52O7. The summed E-state index contributed by atoms with van der Waals surface area (Å²) in [5.74, 6) is -0.447. The Labute approximate surface area is 241 Å². The summed E-state index contributed by atoms with van der Waals surface area (Å²) < 4.78 is 24.8. The van der Waals surface area contributed by atoms with Crippen molar-refractivity contribution in [2.45, 2.75) is 143 Å². The molecule has 40 heavy (non-hydrogen) atoms. The summed E-state index contributed by atoms with van der Waals surface area (Å²) in [5.41, 5.74) is -1.01. The molecule has 226 valence electrons. The van der Waals surface area contributed by atoms with E-state index >= 15 is 0 Å². The van der Waals surface area contributed by atoms with Crippen LogP contribution in [0.2, 0.25) is 0 Å². The average molecular weight is 561 g/mol. The smallest absolute Gasteiger partial charge is 0.342 e. The zero-order valence-corrected chi connectivity index (χ0v) is 26.2. The topological polar surface area (TPSA) is 91.4 Å². The third-order valence-electron chi connectivity index (χ3n) is 11.4. The second kappa shape index (κ2) is 11.4. The van der Waals surface area contributed by atoms with E-state index in [0.29, 0.717) is 19.3 Å². The first-order chi connectivity index (χ1) is 18.8. The monoisotopic (exact) mass is 560 g/mol. The van der Waals surface area contributed by atoms with E-state index in [4.69, 9.17) is 18.9 Å². The fourth-order valence-electron chi connectivity index (χ4n) is 8.76. The first-order valence-electron chi connectivity index (χ1n) is 15.7. The van der Waals surface area contributed by atoms with Crippen LogP contribution < -0.4 is 0 Å². The lowest BCUT2D eigenvalue weighted by Gasteiger charge is -2.59. The van der Waals surface area contributed by atoms with Crippen LogP contribution in [0.5, 0.6) is 0 Å². The minimum Gasteiger partial charge on any atom is -0.462 e. The SMILES string of the molecule is CCCCCC(=O)O[C@H]1C[C@H](C)[C@@]2(C)[C@H]([C@H]1C)[C@H](C)[C@]13O[C@@]1(C)C(=O)O[C@H]3/C=C(/C)C[C@H](OC(=O)CCC)[C@@H]2C. The van der Waals surface area contributed by atoms with E-state index in [1.165, 1.54) is 0 Å². The second-order valence-corrected chi connectivity index (χ2v) is 13.7. The molecule has 0 radical (unpaired) electrons. The molecule has 2 saturated heterocycles. The molecule has 0 aromatic rings. The molecule has 7 nitrogen and oxygen atoms in total. The largest absolute Gasteiger partial charge is 0.462 e. The highest BCUT2D eigenvalue weighted by atomic mass is 16.7. The lowest BCUT2D eigenvalue weighted by molar-refractivity contribution is -0.188. The fourth-order valence-corrected chi connectivity index (χ4v) is 8.76. The van der Waals surface area contributed by atoms with Gasteiger partial charge in [0, 0.05) is 19.3 Å². The maximum Gasteiger partial charge on any atom is 0.342 e. The summed E-state index contributed by atoms with van der Waals surface area (Å²) >= 11 is 0.